The summed E-state index contributed by atoms with van der Waals surface area (Å²) < 4.78 is 1.76. The topological polar surface area (TPSA) is 50.2 Å². The molecule has 2 heterocycles. The summed E-state index contributed by atoms with van der Waals surface area (Å²) in [5, 5.41) is 7.38. The predicted molar refractivity (Wildman–Crippen MR) is 65.3 cm³/mol. The summed E-state index contributed by atoms with van der Waals surface area (Å²) in [6, 6.07) is 0.00502. The number of carbonyl (C=O) groups excluding carboxylic acids is 1. The van der Waals surface area contributed by atoms with Gasteiger partial charge >= 0.3 is 0 Å². The minimum absolute atomic E-state index is 0.00502. The molecule has 5 heteroatoms. The van der Waals surface area contributed by atoms with Gasteiger partial charge in [0.25, 0.3) is 0 Å². The number of aromatic nitrogens is 2. The van der Waals surface area contributed by atoms with Gasteiger partial charge in [-0.25, -0.2) is 0 Å². The molecule has 1 aliphatic heterocycles. The second-order valence-corrected chi connectivity index (χ2v) is 4.72. The highest BCUT2D eigenvalue weighted by Gasteiger charge is 2.23. The summed E-state index contributed by atoms with van der Waals surface area (Å²) in [5.41, 5.74) is 1.07. The largest absolute Gasteiger partial charge is 0.340 e. The SMILES string of the molecule is CN(Cc1cnn(C)c1)C(=O)[C@H]1CCCCN1. The van der Waals surface area contributed by atoms with Crippen LogP contribution in [0.25, 0.3) is 0 Å². The first-order valence-electron chi connectivity index (χ1n) is 6.12. The molecule has 0 radical (unpaired) electrons. The van der Waals surface area contributed by atoms with Crippen LogP contribution in [0.15, 0.2) is 12.4 Å². The lowest BCUT2D eigenvalue weighted by Gasteiger charge is -2.27. The molecular weight excluding hydrogens is 216 g/mol. The maximum atomic E-state index is 12.1. The van der Waals surface area contributed by atoms with E-state index in [9.17, 15) is 4.79 Å². The average Bonchev–Trinajstić information content (AvgIpc) is 2.75. The second-order valence-electron chi connectivity index (χ2n) is 4.72. The van der Waals surface area contributed by atoms with Gasteiger partial charge in [0, 0.05) is 32.4 Å². The van der Waals surface area contributed by atoms with Gasteiger partial charge in [-0.2, -0.15) is 5.10 Å². The first-order valence-corrected chi connectivity index (χ1v) is 6.12. The Morgan fingerprint density at radius 3 is 3.06 bits per heavy atom. The molecule has 0 spiro atoms. The van der Waals surface area contributed by atoms with E-state index in [0.717, 1.165) is 24.9 Å². The minimum Gasteiger partial charge on any atom is -0.340 e. The van der Waals surface area contributed by atoms with Crippen LogP contribution in [-0.4, -0.2) is 40.2 Å². The molecule has 1 atom stereocenters. The average molecular weight is 236 g/mol. The zero-order chi connectivity index (χ0) is 12.3. The fourth-order valence-electron chi connectivity index (χ4n) is 2.23. The zero-order valence-electron chi connectivity index (χ0n) is 10.5. The number of carbonyl (C=O) groups is 1. The van der Waals surface area contributed by atoms with Crippen LogP contribution in [-0.2, 0) is 18.4 Å². The van der Waals surface area contributed by atoms with Crippen molar-refractivity contribution in [1.29, 1.82) is 0 Å². The highest BCUT2D eigenvalue weighted by Crippen LogP contribution is 2.11. The molecule has 1 aromatic rings. The van der Waals surface area contributed by atoms with Crippen molar-refractivity contribution in [2.75, 3.05) is 13.6 Å². The first kappa shape index (κ1) is 12.1. The van der Waals surface area contributed by atoms with Crippen LogP contribution in [0.2, 0.25) is 0 Å². The fourth-order valence-corrected chi connectivity index (χ4v) is 2.23. The lowest BCUT2D eigenvalue weighted by molar-refractivity contribution is -0.133. The van der Waals surface area contributed by atoms with Crippen molar-refractivity contribution in [3.05, 3.63) is 18.0 Å². The van der Waals surface area contributed by atoms with Gasteiger partial charge < -0.3 is 10.2 Å². The van der Waals surface area contributed by atoms with E-state index in [1.807, 2.05) is 20.3 Å². The van der Waals surface area contributed by atoms with Gasteiger partial charge in [0.1, 0.15) is 0 Å². The molecule has 1 aliphatic rings. The summed E-state index contributed by atoms with van der Waals surface area (Å²) in [4.78, 5) is 13.9. The molecule has 0 aliphatic carbocycles. The molecule has 1 aromatic heterocycles. The number of likely N-dealkylation sites (N-methyl/N-ethyl adjacent to an activating group) is 1. The molecule has 94 valence electrons. The van der Waals surface area contributed by atoms with Crippen LogP contribution < -0.4 is 5.32 Å². The number of hydrogen-bond donors (Lipinski definition) is 1. The van der Waals surface area contributed by atoms with Crippen LogP contribution in [0, 0.1) is 0 Å². The van der Waals surface area contributed by atoms with Crippen molar-refractivity contribution >= 4 is 5.91 Å². The highest BCUT2D eigenvalue weighted by atomic mass is 16.2. The predicted octanol–water partition coefficient (Wildman–Crippen LogP) is 0.521. The van der Waals surface area contributed by atoms with Gasteiger partial charge in [-0.15, -0.1) is 0 Å². The monoisotopic (exact) mass is 236 g/mol. The summed E-state index contributed by atoms with van der Waals surface area (Å²) in [5.74, 6) is 0.188. The molecule has 1 fully saturated rings. The Labute approximate surface area is 102 Å². The Hall–Kier alpha value is -1.36. The third kappa shape index (κ3) is 3.06. The van der Waals surface area contributed by atoms with E-state index in [-0.39, 0.29) is 11.9 Å². The molecule has 0 aromatic carbocycles. The van der Waals surface area contributed by atoms with Crippen LogP contribution >= 0.6 is 0 Å². The van der Waals surface area contributed by atoms with E-state index >= 15 is 0 Å². The molecule has 0 bridgehead atoms. The number of nitrogens with zero attached hydrogens (tertiary/aromatic N) is 3. The number of hydrogen-bond acceptors (Lipinski definition) is 3. The maximum absolute atomic E-state index is 12.1. The minimum atomic E-state index is 0.00502. The van der Waals surface area contributed by atoms with Crippen molar-refractivity contribution in [2.45, 2.75) is 31.8 Å². The van der Waals surface area contributed by atoms with E-state index in [1.165, 1.54) is 6.42 Å². The van der Waals surface area contributed by atoms with Gasteiger partial charge in [0.15, 0.2) is 0 Å². The highest BCUT2D eigenvalue weighted by molar-refractivity contribution is 5.81. The van der Waals surface area contributed by atoms with Crippen LogP contribution in [0.3, 0.4) is 0 Å². The molecule has 1 amide bonds. The van der Waals surface area contributed by atoms with Gasteiger partial charge in [-0.3, -0.25) is 9.48 Å². The van der Waals surface area contributed by atoms with E-state index in [0.29, 0.717) is 6.54 Å². The summed E-state index contributed by atoms with van der Waals surface area (Å²) in [6.45, 7) is 1.59. The van der Waals surface area contributed by atoms with Gasteiger partial charge in [-0.05, 0) is 19.4 Å². The second kappa shape index (κ2) is 5.31. The Kier molecular flexibility index (Phi) is 3.78. The van der Waals surface area contributed by atoms with E-state index < -0.39 is 0 Å². The van der Waals surface area contributed by atoms with Crippen molar-refractivity contribution in [2.24, 2.45) is 7.05 Å². The maximum Gasteiger partial charge on any atom is 0.239 e. The van der Waals surface area contributed by atoms with Gasteiger partial charge in [-0.1, -0.05) is 6.42 Å². The molecule has 17 heavy (non-hydrogen) atoms. The number of piperidine rings is 1. The fraction of sp³-hybridized carbons (Fsp3) is 0.667. The molecular formula is C12H20N4O. The molecule has 5 nitrogen and oxygen atoms in total. The quantitative estimate of drug-likeness (QED) is 0.832. The Morgan fingerprint density at radius 2 is 2.47 bits per heavy atom. The smallest absolute Gasteiger partial charge is 0.239 e. The Balaban J connectivity index is 1.90. The number of nitrogens with one attached hydrogen (secondary N) is 1. The first-order chi connectivity index (χ1) is 8.16. The Morgan fingerprint density at radius 1 is 1.65 bits per heavy atom. The summed E-state index contributed by atoms with van der Waals surface area (Å²) in [7, 11) is 3.74. The van der Waals surface area contributed by atoms with Crippen molar-refractivity contribution in [3.8, 4) is 0 Å². The Bertz CT molecular complexity index is 382. The van der Waals surface area contributed by atoms with Crippen molar-refractivity contribution in [3.63, 3.8) is 0 Å². The van der Waals surface area contributed by atoms with Gasteiger partial charge in [0.05, 0.1) is 12.2 Å². The van der Waals surface area contributed by atoms with Crippen molar-refractivity contribution < 1.29 is 4.79 Å². The standard InChI is InChI=1S/C12H20N4O/c1-15(8-10-7-14-16(2)9-10)12(17)11-5-3-4-6-13-11/h7,9,11,13H,3-6,8H2,1-2H3/t11-/m1/s1. The third-order valence-corrected chi connectivity index (χ3v) is 3.16. The van der Waals surface area contributed by atoms with Gasteiger partial charge in [0.2, 0.25) is 5.91 Å². The normalized spacial score (nSPS) is 20.2. The van der Waals surface area contributed by atoms with Crippen LogP contribution in [0.5, 0.6) is 0 Å². The van der Waals surface area contributed by atoms with E-state index in [1.54, 1.807) is 15.8 Å². The van der Waals surface area contributed by atoms with E-state index in [4.69, 9.17) is 0 Å². The lowest BCUT2D eigenvalue weighted by atomic mass is 10.0. The van der Waals surface area contributed by atoms with Crippen LogP contribution in [0.1, 0.15) is 24.8 Å². The molecule has 1 N–H and O–H groups in total. The van der Waals surface area contributed by atoms with Crippen LogP contribution in [0.4, 0.5) is 0 Å². The zero-order valence-corrected chi connectivity index (χ0v) is 10.5. The number of aryl methyl sites for hydroxylation is 1. The number of rotatable bonds is 3. The van der Waals surface area contributed by atoms with Crippen molar-refractivity contribution in [1.82, 2.24) is 20.0 Å². The van der Waals surface area contributed by atoms with E-state index in [2.05, 4.69) is 10.4 Å². The number of amides is 1. The summed E-state index contributed by atoms with van der Waals surface area (Å²) >= 11 is 0. The molecule has 0 unspecified atom stereocenters. The molecule has 1 saturated heterocycles. The molecule has 2 rings (SSSR count). The lowest BCUT2D eigenvalue weighted by Crippen LogP contribution is -2.46. The summed E-state index contributed by atoms with van der Waals surface area (Å²) in [6.07, 6.45) is 7.02. The molecule has 0 saturated carbocycles. The third-order valence-electron chi connectivity index (χ3n) is 3.16.